The summed E-state index contributed by atoms with van der Waals surface area (Å²) in [6.45, 7) is 1.67. The van der Waals surface area contributed by atoms with Crippen LogP contribution in [-0.4, -0.2) is 50.3 Å². The van der Waals surface area contributed by atoms with Crippen molar-refractivity contribution >= 4 is 29.1 Å². The highest BCUT2D eigenvalue weighted by molar-refractivity contribution is 5.90. The van der Waals surface area contributed by atoms with E-state index in [9.17, 15) is 14.4 Å². The number of aromatic nitrogens is 4. The third kappa shape index (κ3) is 4.43. The number of carbonyl (C=O) groups excluding carboxylic acids is 2. The number of H-pyrrole nitrogens is 1. The lowest BCUT2D eigenvalue weighted by Crippen LogP contribution is -2.35. The molecule has 2 aromatic carbocycles. The summed E-state index contributed by atoms with van der Waals surface area (Å²) in [5.41, 5.74) is 6.33. The van der Waals surface area contributed by atoms with E-state index in [-0.39, 0.29) is 23.7 Å². The van der Waals surface area contributed by atoms with Crippen LogP contribution in [0.15, 0.2) is 71.8 Å². The second-order valence-corrected chi connectivity index (χ2v) is 8.40. The van der Waals surface area contributed by atoms with Gasteiger partial charge in [-0.1, -0.05) is 43.3 Å². The number of hydrogen-bond acceptors (Lipinski definition) is 9. The summed E-state index contributed by atoms with van der Waals surface area (Å²) in [5.74, 6) is -1.55. The van der Waals surface area contributed by atoms with E-state index in [1.54, 1.807) is 65.2 Å². The average molecular weight is 489 g/mol. The maximum Gasteiger partial charge on any atom is 0.338 e. The molecule has 5 rings (SSSR count). The molecule has 36 heavy (non-hydrogen) atoms. The lowest BCUT2D eigenvalue weighted by molar-refractivity contribution is -0.0567. The van der Waals surface area contributed by atoms with Gasteiger partial charge in [0.25, 0.3) is 5.56 Å². The molecule has 0 radical (unpaired) electrons. The summed E-state index contributed by atoms with van der Waals surface area (Å²) < 4.78 is 19.1. The number of nitrogens with two attached hydrogens (primary N) is 1. The molecule has 1 aliphatic rings. The van der Waals surface area contributed by atoms with Gasteiger partial charge in [-0.15, -0.1) is 0 Å². The quantitative estimate of drug-likeness (QED) is 0.389. The zero-order chi connectivity index (χ0) is 25.2. The summed E-state index contributed by atoms with van der Waals surface area (Å²) in [7, 11) is 0. The fourth-order valence-corrected chi connectivity index (χ4v) is 4.23. The number of anilines is 1. The van der Waals surface area contributed by atoms with Crippen LogP contribution in [0.3, 0.4) is 0 Å². The zero-order valence-electron chi connectivity index (χ0n) is 19.2. The number of nitrogens with zero attached hydrogens (tertiary/aromatic N) is 3. The highest BCUT2D eigenvalue weighted by Crippen LogP contribution is 2.38. The first-order valence-corrected chi connectivity index (χ1v) is 11.3. The van der Waals surface area contributed by atoms with Gasteiger partial charge in [0.2, 0.25) is 5.95 Å². The van der Waals surface area contributed by atoms with Crippen LogP contribution in [-0.2, 0) is 14.2 Å². The van der Waals surface area contributed by atoms with Crippen molar-refractivity contribution in [3.63, 3.8) is 0 Å². The molecule has 0 spiro atoms. The third-order valence-corrected chi connectivity index (χ3v) is 6.01. The van der Waals surface area contributed by atoms with Crippen molar-refractivity contribution in [1.29, 1.82) is 0 Å². The lowest BCUT2D eigenvalue weighted by Gasteiger charge is -2.21. The second kappa shape index (κ2) is 9.62. The first kappa shape index (κ1) is 23.2. The first-order chi connectivity index (χ1) is 17.4. The number of aromatic amines is 1. The van der Waals surface area contributed by atoms with Crippen LogP contribution in [0, 0.1) is 5.92 Å². The van der Waals surface area contributed by atoms with Crippen LogP contribution in [0.25, 0.3) is 11.2 Å². The van der Waals surface area contributed by atoms with Crippen LogP contribution >= 0.6 is 0 Å². The predicted molar refractivity (Wildman–Crippen MR) is 128 cm³/mol. The third-order valence-electron chi connectivity index (χ3n) is 6.01. The van der Waals surface area contributed by atoms with Gasteiger partial charge in [0.05, 0.1) is 17.5 Å². The molecule has 0 amide bonds. The van der Waals surface area contributed by atoms with Crippen molar-refractivity contribution in [2.75, 3.05) is 12.3 Å². The Morgan fingerprint density at radius 2 is 1.69 bits per heavy atom. The molecule has 0 saturated carbocycles. The fraction of sp³-hybridized carbons (Fsp3) is 0.240. The van der Waals surface area contributed by atoms with Gasteiger partial charge in [0.1, 0.15) is 25.0 Å². The molecule has 4 atom stereocenters. The standard InChI is InChI=1S/C25H23N5O6/c1-14-19(36-24(33)16-10-6-3-7-11-16)17(12-34-23(32)15-8-4-2-5-9-15)35-22(14)30-13-27-18-20(30)28-25(26)29-21(18)31/h2-11,13-14,17,19,22H,12H2,1H3,(H3,26,28,29,31). The van der Waals surface area contributed by atoms with Gasteiger partial charge >= 0.3 is 11.9 Å². The molecule has 4 unspecified atom stereocenters. The molecule has 1 fully saturated rings. The molecule has 3 N–H and O–H groups in total. The summed E-state index contributed by atoms with van der Waals surface area (Å²) in [6, 6.07) is 17.1. The molecular weight excluding hydrogens is 466 g/mol. The zero-order valence-corrected chi connectivity index (χ0v) is 19.2. The van der Waals surface area contributed by atoms with E-state index < -0.39 is 41.9 Å². The Labute approximate surface area is 204 Å². The van der Waals surface area contributed by atoms with Crippen LogP contribution in [0.1, 0.15) is 33.9 Å². The number of ether oxygens (including phenoxy) is 3. The van der Waals surface area contributed by atoms with E-state index in [0.29, 0.717) is 11.1 Å². The Hall–Kier alpha value is -4.51. The smallest absolute Gasteiger partial charge is 0.338 e. The van der Waals surface area contributed by atoms with Gasteiger partial charge in [-0.3, -0.25) is 14.3 Å². The Morgan fingerprint density at radius 1 is 1.06 bits per heavy atom. The first-order valence-electron chi connectivity index (χ1n) is 11.3. The molecule has 184 valence electrons. The largest absolute Gasteiger partial charge is 0.459 e. The van der Waals surface area contributed by atoms with Crippen molar-refractivity contribution in [2.24, 2.45) is 5.92 Å². The van der Waals surface area contributed by atoms with Crippen LogP contribution < -0.4 is 11.3 Å². The van der Waals surface area contributed by atoms with Gasteiger partial charge in [0, 0.05) is 5.92 Å². The molecule has 2 aromatic heterocycles. The maximum atomic E-state index is 12.9. The van der Waals surface area contributed by atoms with E-state index >= 15 is 0 Å². The van der Waals surface area contributed by atoms with Crippen LogP contribution in [0.2, 0.25) is 0 Å². The minimum atomic E-state index is -0.790. The summed E-state index contributed by atoms with van der Waals surface area (Å²) in [4.78, 5) is 48.4. The van der Waals surface area contributed by atoms with E-state index in [4.69, 9.17) is 19.9 Å². The van der Waals surface area contributed by atoms with Gasteiger partial charge in [-0.05, 0) is 24.3 Å². The van der Waals surface area contributed by atoms with Gasteiger partial charge in [0.15, 0.2) is 11.2 Å². The molecule has 11 nitrogen and oxygen atoms in total. The number of benzene rings is 2. The molecule has 11 heteroatoms. The Morgan fingerprint density at radius 3 is 2.36 bits per heavy atom. The number of nitrogen functional groups attached to an aromatic ring is 1. The highest BCUT2D eigenvalue weighted by Gasteiger charge is 2.46. The van der Waals surface area contributed by atoms with Gasteiger partial charge < -0.3 is 19.9 Å². The Kier molecular flexibility index (Phi) is 6.21. The van der Waals surface area contributed by atoms with E-state index in [1.807, 2.05) is 6.92 Å². The molecule has 3 heterocycles. The monoisotopic (exact) mass is 489 g/mol. The number of carbonyl (C=O) groups is 2. The van der Waals surface area contributed by atoms with E-state index in [2.05, 4.69) is 15.0 Å². The van der Waals surface area contributed by atoms with Crippen molar-refractivity contribution in [3.05, 3.63) is 88.5 Å². The average Bonchev–Trinajstić information content (AvgIpc) is 3.44. The fourth-order valence-electron chi connectivity index (χ4n) is 4.23. The molecule has 0 aliphatic carbocycles. The minimum Gasteiger partial charge on any atom is -0.459 e. The predicted octanol–water partition coefficient (Wildman–Crippen LogP) is 2.32. The summed E-state index contributed by atoms with van der Waals surface area (Å²) >= 11 is 0. The van der Waals surface area contributed by atoms with Gasteiger partial charge in [-0.25, -0.2) is 14.6 Å². The van der Waals surface area contributed by atoms with Crippen molar-refractivity contribution in [2.45, 2.75) is 25.4 Å². The Bertz CT molecular complexity index is 1450. The molecular formula is C25H23N5O6. The normalized spacial score (nSPS) is 21.4. The SMILES string of the molecule is CC1C(OC(=O)c2ccccc2)C(COC(=O)c2ccccc2)OC1n1cnc2c(=O)[nH]c(N)nc21. The second-order valence-electron chi connectivity index (χ2n) is 8.40. The number of esters is 2. The topological polar surface area (TPSA) is 151 Å². The summed E-state index contributed by atoms with van der Waals surface area (Å²) in [5, 5.41) is 0. The van der Waals surface area contributed by atoms with Crippen molar-refractivity contribution in [3.8, 4) is 0 Å². The molecule has 0 bridgehead atoms. The number of hydrogen-bond donors (Lipinski definition) is 2. The number of nitrogens with one attached hydrogen (secondary N) is 1. The number of imidazole rings is 1. The maximum absolute atomic E-state index is 12.9. The number of rotatable bonds is 6. The van der Waals surface area contributed by atoms with Crippen LogP contribution in [0.5, 0.6) is 0 Å². The van der Waals surface area contributed by atoms with Gasteiger partial charge in [-0.2, -0.15) is 4.98 Å². The molecule has 1 saturated heterocycles. The van der Waals surface area contributed by atoms with Crippen molar-refractivity contribution in [1.82, 2.24) is 19.5 Å². The lowest BCUT2D eigenvalue weighted by atomic mass is 10.0. The van der Waals surface area contributed by atoms with E-state index in [1.165, 1.54) is 6.33 Å². The summed E-state index contributed by atoms with van der Waals surface area (Å²) in [6.07, 6.45) is -0.870. The van der Waals surface area contributed by atoms with Crippen LogP contribution in [0.4, 0.5) is 5.95 Å². The Balaban J connectivity index is 1.43. The minimum absolute atomic E-state index is 0.0692. The molecule has 4 aromatic rings. The highest BCUT2D eigenvalue weighted by atomic mass is 16.6. The van der Waals surface area contributed by atoms with Crippen molar-refractivity contribution < 1.29 is 23.8 Å². The number of fused-ring (bicyclic) bond motifs is 1. The molecule has 1 aliphatic heterocycles. The van der Waals surface area contributed by atoms with E-state index in [0.717, 1.165) is 0 Å².